The average molecular weight is 476 g/mol. The van der Waals surface area contributed by atoms with E-state index in [2.05, 4.69) is 21.2 Å². The fourth-order valence-electron chi connectivity index (χ4n) is 4.35. The van der Waals surface area contributed by atoms with E-state index in [1.807, 2.05) is 32.0 Å². The van der Waals surface area contributed by atoms with Crippen molar-refractivity contribution in [3.05, 3.63) is 45.3 Å². The molecule has 6 nitrogen and oxygen atoms in total. The molecule has 1 N–H and O–H groups in total. The van der Waals surface area contributed by atoms with Gasteiger partial charge in [-0.3, -0.25) is 9.69 Å². The van der Waals surface area contributed by atoms with Gasteiger partial charge in [-0.1, -0.05) is 17.7 Å². The lowest BCUT2D eigenvalue weighted by Crippen LogP contribution is -2.48. The summed E-state index contributed by atoms with van der Waals surface area (Å²) in [6.07, 6.45) is 3.83. The van der Waals surface area contributed by atoms with Crippen LogP contribution in [0.3, 0.4) is 0 Å². The van der Waals surface area contributed by atoms with Crippen LogP contribution < -0.4 is 10.2 Å². The zero-order valence-electron chi connectivity index (χ0n) is 18.7. The molecule has 2 aromatic rings. The Hall–Kier alpha value is -2.09. The first kappa shape index (κ1) is 23.1. The van der Waals surface area contributed by atoms with Crippen molar-refractivity contribution >= 4 is 45.5 Å². The molecule has 172 valence electrons. The first-order valence-electron chi connectivity index (χ1n) is 11.3. The first-order chi connectivity index (χ1) is 15.4. The Bertz CT molecular complexity index is 983. The second kappa shape index (κ2) is 10.2. The van der Waals surface area contributed by atoms with Crippen LogP contribution in [0.15, 0.2) is 24.3 Å². The highest BCUT2D eigenvalue weighted by atomic mass is 35.5. The zero-order valence-corrected chi connectivity index (χ0v) is 20.2. The van der Waals surface area contributed by atoms with Crippen LogP contribution in [-0.4, -0.2) is 55.6 Å². The molecule has 4 rings (SSSR count). The van der Waals surface area contributed by atoms with Crippen molar-refractivity contribution < 1.29 is 14.3 Å². The van der Waals surface area contributed by atoms with E-state index in [4.69, 9.17) is 16.3 Å². The summed E-state index contributed by atoms with van der Waals surface area (Å²) in [5, 5.41) is 4.40. The molecule has 32 heavy (non-hydrogen) atoms. The number of esters is 1. The third-order valence-electron chi connectivity index (χ3n) is 5.88. The second-order valence-corrected chi connectivity index (χ2v) is 10.2. The molecule has 1 fully saturated rings. The molecule has 0 atom stereocenters. The number of hydrogen-bond acceptors (Lipinski definition) is 6. The van der Waals surface area contributed by atoms with Crippen LogP contribution in [0.1, 0.15) is 47.5 Å². The summed E-state index contributed by atoms with van der Waals surface area (Å²) in [5.41, 5.74) is 2.74. The molecule has 1 aliphatic carbocycles. The minimum Gasteiger partial charge on any atom is -0.459 e. The van der Waals surface area contributed by atoms with Crippen LogP contribution in [0, 0.1) is 0 Å². The molecule has 0 bridgehead atoms. The van der Waals surface area contributed by atoms with Gasteiger partial charge in [-0.25, -0.2) is 4.79 Å². The lowest BCUT2D eigenvalue weighted by atomic mass is 9.95. The van der Waals surface area contributed by atoms with E-state index in [0.29, 0.717) is 17.1 Å². The number of ether oxygens (including phenoxy) is 1. The SMILES string of the molecule is CC(C)OC(=O)c1c(NC(=O)CN2CCN(c3cccc(Cl)c3)CC2)sc2c1CCCC2. The van der Waals surface area contributed by atoms with Gasteiger partial charge >= 0.3 is 5.97 Å². The predicted octanol–water partition coefficient (Wildman–Crippen LogP) is 4.61. The van der Waals surface area contributed by atoms with E-state index < -0.39 is 0 Å². The van der Waals surface area contributed by atoms with E-state index >= 15 is 0 Å². The Morgan fingerprint density at radius 3 is 2.62 bits per heavy atom. The molecule has 1 aromatic carbocycles. The van der Waals surface area contributed by atoms with Gasteiger partial charge in [-0.05, 0) is 63.3 Å². The molecule has 1 aliphatic heterocycles. The number of nitrogens with zero attached hydrogens (tertiary/aromatic N) is 2. The Kier molecular flexibility index (Phi) is 7.38. The Morgan fingerprint density at radius 1 is 1.16 bits per heavy atom. The summed E-state index contributed by atoms with van der Waals surface area (Å²) < 4.78 is 5.49. The summed E-state index contributed by atoms with van der Waals surface area (Å²) in [4.78, 5) is 31.3. The third kappa shape index (κ3) is 5.45. The number of rotatable bonds is 6. The molecular weight excluding hydrogens is 446 g/mol. The van der Waals surface area contributed by atoms with E-state index in [-0.39, 0.29) is 18.0 Å². The number of anilines is 2. The molecule has 0 radical (unpaired) electrons. The standard InChI is InChI=1S/C24H30ClN3O3S/c1-16(2)31-24(30)22-19-8-3-4-9-20(19)32-23(22)26-21(29)15-27-10-12-28(13-11-27)18-7-5-6-17(25)14-18/h5-7,14,16H,3-4,8-13,15H2,1-2H3,(H,26,29). The van der Waals surface area contributed by atoms with E-state index in [1.165, 1.54) is 16.2 Å². The summed E-state index contributed by atoms with van der Waals surface area (Å²) in [7, 11) is 0. The van der Waals surface area contributed by atoms with Crippen molar-refractivity contribution in [3.8, 4) is 0 Å². The van der Waals surface area contributed by atoms with Gasteiger partial charge < -0.3 is 15.0 Å². The molecule has 0 saturated carbocycles. The minimum absolute atomic E-state index is 0.0848. The van der Waals surface area contributed by atoms with Crippen LogP contribution in [0.25, 0.3) is 0 Å². The van der Waals surface area contributed by atoms with Gasteiger partial charge in [0.1, 0.15) is 5.00 Å². The van der Waals surface area contributed by atoms with Crippen molar-refractivity contribution in [1.29, 1.82) is 0 Å². The first-order valence-corrected chi connectivity index (χ1v) is 12.5. The van der Waals surface area contributed by atoms with Crippen molar-refractivity contribution in [1.82, 2.24) is 4.90 Å². The summed E-state index contributed by atoms with van der Waals surface area (Å²) in [5.74, 6) is -0.414. The third-order valence-corrected chi connectivity index (χ3v) is 7.33. The fraction of sp³-hybridized carbons (Fsp3) is 0.500. The molecular formula is C24H30ClN3O3S. The van der Waals surface area contributed by atoms with Crippen LogP contribution in [0.5, 0.6) is 0 Å². The molecule has 2 heterocycles. The molecule has 8 heteroatoms. The number of benzene rings is 1. The fourth-order valence-corrected chi connectivity index (χ4v) is 5.83. The van der Waals surface area contributed by atoms with Gasteiger partial charge in [-0.15, -0.1) is 11.3 Å². The van der Waals surface area contributed by atoms with Crippen LogP contribution >= 0.6 is 22.9 Å². The Labute approximate surface area is 198 Å². The Morgan fingerprint density at radius 2 is 1.91 bits per heavy atom. The van der Waals surface area contributed by atoms with Crippen LogP contribution in [-0.2, 0) is 22.4 Å². The van der Waals surface area contributed by atoms with Gasteiger partial charge in [0.05, 0.1) is 18.2 Å². The Balaban J connectivity index is 1.38. The lowest BCUT2D eigenvalue weighted by Gasteiger charge is -2.35. The van der Waals surface area contributed by atoms with Crippen molar-refractivity contribution in [2.45, 2.75) is 45.6 Å². The largest absolute Gasteiger partial charge is 0.459 e. The van der Waals surface area contributed by atoms with Gasteiger partial charge in [0.25, 0.3) is 0 Å². The van der Waals surface area contributed by atoms with E-state index in [1.54, 1.807) is 0 Å². The monoisotopic (exact) mass is 475 g/mol. The predicted molar refractivity (Wildman–Crippen MR) is 130 cm³/mol. The summed E-state index contributed by atoms with van der Waals surface area (Å²) in [6, 6.07) is 7.87. The molecule has 0 unspecified atom stereocenters. The number of fused-ring (bicyclic) bond motifs is 1. The number of piperazine rings is 1. The minimum atomic E-state index is -0.329. The van der Waals surface area contributed by atoms with Gasteiger partial charge in [0.15, 0.2) is 0 Å². The van der Waals surface area contributed by atoms with Crippen molar-refractivity contribution in [3.63, 3.8) is 0 Å². The highest BCUT2D eigenvalue weighted by molar-refractivity contribution is 7.17. The molecule has 0 spiro atoms. The van der Waals surface area contributed by atoms with Gasteiger partial charge in [0.2, 0.25) is 5.91 Å². The smallest absolute Gasteiger partial charge is 0.341 e. The van der Waals surface area contributed by atoms with Crippen LogP contribution in [0.2, 0.25) is 5.02 Å². The number of halogens is 1. The number of hydrogen-bond donors (Lipinski definition) is 1. The number of thiophene rings is 1. The van der Waals surface area contributed by atoms with Crippen LogP contribution in [0.4, 0.5) is 10.7 Å². The summed E-state index contributed by atoms with van der Waals surface area (Å²) in [6.45, 7) is 7.27. The highest BCUT2D eigenvalue weighted by Crippen LogP contribution is 2.38. The quantitative estimate of drug-likeness (QED) is 0.618. The lowest BCUT2D eigenvalue weighted by molar-refractivity contribution is -0.117. The average Bonchev–Trinajstić information content (AvgIpc) is 3.11. The number of aryl methyl sites for hydroxylation is 1. The summed E-state index contributed by atoms with van der Waals surface area (Å²) >= 11 is 7.65. The van der Waals surface area contributed by atoms with Gasteiger partial charge in [-0.2, -0.15) is 0 Å². The second-order valence-electron chi connectivity index (χ2n) is 8.66. The number of carbonyl (C=O) groups excluding carboxylic acids is 2. The molecule has 1 amide bonds. The topological polar surface area (TPSA) is 61.9 Å². The molecule has 2 aliphatic rings. The number of amides is 1. The van der Waals surface area contributed by atoms with E-state index in [9.17, 15) is 9.59 Å². The maximum Gasteiger partial charge on any atom is 0.341 e. The highest BCUT2D eigenvalue weighted by Gasteiger charge is 2.28. The number of nitrogens with one attached hydrogen (secondary N) is 1. The van der Waals surface area contributed by atoms with Crippen molar-refractivity contribution in [2.75, 3.05) is 42.9 Å². The van der Waals surface area contributed by atoms with Gasteiger partial charge in [0, 0.05) is 41.8 Å². The molecule has 1 saturated heterocycles. The van der Waals surface area contributed by atoms with Crippen molar-refractivity contribution in [2.24, 2.45) is 0 Å². The molecule has 1 aromatic heterocycles. The normalized spacial score (nSPS) is 16.7. The zero-order chi connectivity index (χ0) is 22.7. The van der Waals surface area contributed by atoms with E-state index in [0.717, 1.165) is 68.1 Å². The number of carbonyl (C=O) groups is 2. The maximum atomic E-state index is 12.9. The maximum absolute atomic E-state index is 12.9.